The Morgan fingerprint density at radius 3 is 2.40 bits per heavy atom. The van der Waals surface area contributed by atoms with Gasteiger partial charge in [0.1, 0.15) is 0 Å². The van der Waals surface area contributed by atoms with E-state index >= 15 is 0 Å². The molecule has 1 N–H and O–H groups in total. The fraction of sp³-hybridized carbons (Fsp3) is 0.250. The molecule has 1 heterocycles. The van der Waals surface area contributed by atoms with Gasteiger partial charge in [0.2, 0.25) is 0 Å². The maximum atomic E-state index is 12.5. The number of aryl methyl sites for hydroxylation is 3. The second-order valence-electron chi connectivity index (χ2n) is 6.21. The van der Waals surface area contributed by atoms with Crippen LogP contribution in [-0.2, 0) is 6.42 Å². The average Bonchev–Trinajstić information content (AvgIpc) is 3.00. The Hall–Kier alpha value is -2.95. The third-order valence-corrected chi connectivity index (χ3v) is 4.46. The quantitative estimate of drug-likeness (QED) is 0.784. The number of rotatable bonds is 4. The molecule has 0 unspecified atom stereocenters. The molecule has 0 spiro atoms. The van der Waals surface area contributed by atoms with Gasteiger partial charge in [0.15, 0.2) is 5.69 Å². The van der Waals surface area contributed by atoms with Gasteiger partial charge < -0.3 is 5.32 Å². The number of anilines is 1. The second-order valence-corrected chi connectivity index (χ2v) is 6.21. The van der Waals surface area contributed by atoms with Gasteiger partial charge in [-0.15, -0.1) is 5.10 Å². The van der Waals surface area contributed by atoms with Crippen LogP contribution in [0.3, 0.4) is 0 Å². The topological polar surface area (TPSA) is 59.8 Å². The molecule has 128 valence electrons. The summed E-state index contributed by atoms with van der Waals surface area (Å²) in [4.78, 5) is 12.5. The van der Waals surface area contributed by atoms with Crippen LogP contribution in [0.4, 0.5) is 5.69 Å². The smallest absolute Gasteiger partial charge is 0.278 e. The van der Waals surface area contributed by atoms with Crippen LogP contribution in [0.25, 0.3) is 5.69 Å². The van der Waals surface area contributed by atoms with Crippen LogP contribution in [0, 0.1) is 20.8 Å². The van der Waals surface area contributed by atoms with Crippen molar-refractivity contribution < 1.29 is 4.79 Å². The number of hydrogen-bond acceptors (Lipinski definition) is 3. The highest BCUT2D eigenvalue weighted by molar-refractivity contribution is 6.03. The molecular weight excluding hydrogens is 312 g/mol. The molecule has 1 aromatic heterocycles. The highest BCUT2D eigenvalue weighted by Crippen LogP contribution is 2.17. The van der Waals surface area contributed by atoms with E-state index in [1.165, 1.54) is 11.1 Å². The zero-order chi connectivity index (χ0) is 18.0. The summed E-state index contributed by atoms with van der Waals surface area (Å²) in [6.07, 6.45) is 0.986. The van der Waals surface area contributed by atoms with Crippen LogP contribution >= 0.6 is 0 Å². The first kappa shape index (κ1) is 16.9. The van der Waals surface area contributed by atoms with E-state index in [1.54, 1.807) is 4.68 Å². The van der Waals surface area contributed by atoms with Crippen molar-refractivity contribution in [3.63, 3.8) is 0 Å². The lowest BCUT2D eigenvalue weighted by Crippen LogP contribution is -2.14. The number of carbonyl (C=O) groups excluding carboxylic acids is 1. The lowest BCUT2D eigenvalue weighted by atomic mass is 10.1. The van der Waals surface area contributed by atoms with Crippen LogP contribution < -0.4 is 5.32 Å². The summed E-state index contributed by atoms with van der Waals surface area (Å²) >= 11 is 0. The Balaban J connectivity index is 1.84. The fourth-order valence-electron chi connectivity index (χ4n) is 2.67. The van der Waals surface area contributed by atoms with Crippen molar-refractivity contribution in [2.75, 3.05) is 5.32 Å². The zero-order valence-electron chi connectivity index (χ0n) is 15.0. The zero-order valence-corrected chi connectivity index (χ0v) is 15.0. The van der Waals surface area contributed by atoms with Gasteiger partial charge >= 0.3 is 0 Å². The van der Waals surface area contributed by atoms with Gasteiger partial charge in [0, 0.05) is 5.69 Å². The van der Waals surface area contributed by atoms with Crippen molar-refractivity contribution in [2.45, 2.75) is 34.1 Å². The maximum Gasteiger partial charge on any atom is 0.278 e. The summed E-state index contributed by atoms with van der Waals surface area (Å²) in [6, 6.07) is 13.9. The minimum Gasteiger partial charge on any atom is -0.321 e. The van der Waals surface area contributed by atoms with Crippen LogP contribution in [0.5, 0.6) is 0 Å². The summed E-state index contributed by atoms with van der Waals surface area (Å²) < 4.78 is 1.69. The van der Waals surface area contributed by atoms with Crippen molar-refractivity contribution in [3.05, 3.63) is 70.5 Å². The van der Waals surface area contributed by atoms with Crippen molar-refractivity contribution in [1.29, 1.82) is 0 Å². The SMILES string of the molecule is CCc1ccc(-n2nnc(C(=O)Nc3ccc(C)c(C)c3)c2C)cc1. The summed E-state index contributed by atoms with van der Waals surface area (Å²) in [5, 5.41) is 11.1. The molecule has 0 atom stereocenters. The van der Waals surface area contributed by atoms with E-state index in [-0.39, 0.29) is 5.91 Å². The molecule has 1 amide bonds. The minimum atomic E-state index is -0.253. The van der Waals surface area contributed by atoms with Crippen molar-refractivity contribution >= 4 is 11.6 Å². The molecule has 5 heteroatoms. The van der Waals surface area contributed by atoms with E-state index in [1.807, 2.05) is 51.1 Å². The van der Waals surface area contributed by atoms with Crippen molar-refractivity contribution in [3.8, 4) is 5.69 Å². The lowest BCUT2D eigenvalue weighted by molar-refractivity contribution is 0.102. The maximum absolute atomic E-state index is 12.5. The van der Waals surface area contributed by atoms with Gasteiger partial charge in [-0.3, -0.25) is 4.79 Å². The normalized spacial score (nSPS) is 10.7. The molecule has 25 heavy (non-hydrogen) atoms. The molecule has 0 saturated carbocycles. The summed E-state index contributed by atoms with van der Waals surface area (Å²) in [5.74, 6) is -0.253. The summed E-state index contributed by atoms with van der Waals surface area (Å²) in [5.41, 5.74) is 6.28. The number of benzene rings is 2. The van der Waals surface area contributed by atoms with Crippen LogP contribution in [0.1, 0.15) is 39.8 Å². The minimum absolute atomic E-state index is 0.253. The summed E-state index contributed by atoms with van der Waals surface area (Å²) in [6.45, 7) is 8.03. The Morgan fingerprint density at radius 1 is 1.04 bits per heavy atom. The van der Waals surface area contributed by atoms with Crippen LogP contribution in [0.2, 0.25) is 0 Å². The third-order valence-electron chi connectivity index (χ3n) is 4.46. The van der Waals surface area contributed by atoms with E-state index in [2.05, 4.69) is 34.7 Å². The first-order valence-electron chi connectivity index (χ1n) is 8.40. The Labute approximate surface area is 147 Å². The number of amides is 1. The van der Waals surface area contributed by atoms with Crippen LogP contribution in [0.15, 0.2) is 42.5 Å². The molecule has 0 aliphatic carbocycles. The second kappa shape index (κ2) is 6.89. The summed E-state index contributed by atoms with van der Waals surface area (Å²) in [7, 11) is 0. The molecule has 3 aromatic rings. The van der Waals surface area contributed by atoms with E-state index in [9.17, 15) is 4.79 Å². The molecule has 0 bridgehead atoms. The number of hydrogen-bond donors (Lipinski definition) is 1. The van der Waals surface area contributed by atoms with E-state index in [0.29, 0.717) is 11.4 Å². The fourth-order valence-corrected chi connectivity index (χ4v) is 2.67. The highest BCUT2D eigenvalue weighted by Gasteiger charge is 2.17. The average molecular weight is 334 g/mol. The van der Waals surface area contributed by atoms with E-state index in [4.69, 9.17) is 0 Å². The molecule has 0 fully saturated rings. The van der Waals surface area contributed by atoms with Gasteiger partial charge in [-0.2, -0.15) is 0 Å². The van der Waals surface area contributed by atoms with E-state index < -0.39 is 0 Å². The molecular formula is C20H22N4O. The predicted molar refractivity (Wildman–Crippen MR) is 99.3 cm³/mol. The first-order chi connectivity index (χ1) is 12.0. The Kier molecular flexibility index (Phi) is 4.65. The van der Waals surface area contributed by atoms with Crippen LogP contribution in [-0.4, -0.2) is 20.9 Å². The monoisotopic (exact) mass is 334 g/mol. The number of aromatic nitrogens is 3. The first-order valence-corrected chi connectivity index (χ1v) is 8.40. The molecule has 0 saturated heterocycles. The van der Waals surface area contributed by atoms with Gasteiger partial charge in [-0.1, -0.05) is 30.3 Å². The number of nitrogens with one attached hydrogen (secondary N) is 1. The molecule has 5 nitrogen and oxygen atoms in total. The highest BCUT2D eigenvalue weighted by atomic mass is 16.2. The largest absolute Gasteiger partial charge is 0.321 e. The Bertz CT molecular complexity index is 910. The molecule has 2 aromatic carbocycles. The van der Waals surface area contributed by atoms with Gasteiger partial charge in [0.05, 0.1) is 11.4 Å². The molecule has 3 rings (SSSR count). The standard InChI is InChI=1S/C20H22N4O/c1-5-16-7-10-18(11-8-16)24-15(4)19(22-23-24)20(25)21-17-9-6-13(2)14(3)12-17/h6-12H,5H2,1-4H3,(H,21,25). The molecule has 0 aliphatic heterocycles. The predicted octanol–water partition coefficient (Wildman–Crippen LogP) is 4.01. The van der Waals surface area contributed by atoms with E-state index in [0.717, 1.165) is 23.4 Å². The Morgan fingerprint density at radius 2 is 1.76 bits per heavy atom. The number of carbonyl (C=O) groups is 1. The third kappa shape index (κ3) is 3.45. The lowest BCUT2D eigenvalue weighted by Gasteiger charge is -2.07. The van der Waals surface area contributed by atoms with Crippen molar-refractivity contribution in [2.24, 2.45) is 0 Å². The van der Waals surface area contributed by atoms with Gasteiger partial charge in [-0.05, 0) is 68.1 Å². The number of nitrogens with zero attached hydrogens (tertiary/aromatic N) is 3. The van der Waals surface area contributed by atoms with Crippen molar-refractivity contribution in [1.82, 2.24) is 15.0 Å². The molecule has 0 aliphatic rings. The van der Waals surface area contributed by atoms with Gasteiger partial charge in [-0.25, -0.2) is 4.68 Å². The molecule has 0 radical (unpaired) electrons. The van der Waals surface area contributed by atoms with Gasteiger partial charge in [0.25, 0.3) is 5.91 Å².